The molecule has 0 saturated carbocycles. The summed E-state index contributed by atoms with van der Waals surface area (Å²) >= 11 is 3.19. The van der Waals surface area contributed by atoms with Gasteiger partial charge >= 0.3 is 0 Å². The number of aliphatic hydroxyl groups is 1. The fourth-order valence-electron chi connectivity index (χ4n) is 0.505. The molecule has 0 fully saturated rings. The smallest absolute Gasteiger partial charge is 0.112 e. The van der Waals surface area contributed by atoms with E-state index in [-0.39, 0.29) is 0 Å². The van der Waals surface area contributed by atoms with E-state index in [0.717, 1.165) is 4.48 Å². The first kappa shape index (κ1) is 5.69. The van der Waals surface area contributed by atoms with E-state index in [1.165, 1.54) is 0 Å². The first-order valence-electron chi connectivity index (χ1n) is 2.27. The molecule has 0 bridgehead atoms. The Bertz CT molecular complexity index is 151. The quantitative estimate of drug-likeness (QED) is 0.582. The monoisotopic (exact) mass is 175 g/mol. The van der Waals surface area contributed by atoms with E-state index in [1.807, 2.05) is 0 Å². The fraction of sp³-hybridized carbons (Fsp3) is 0.200. The predicted molar refractivity (Wildman–Crippen MR) is 35.7 cm³/mol. The lowest BCUT2D eigenvalue weighted by Gasteiger charge is -2.05. The molecule has 1 aliphatic rings. The van der Waals surface area contributed by atoms with Crippen molar-refractivity contribution < 1.29 is 5.11 Å². The molecular weight excluding hydrogens is 170 g/mol. The van der Waals surface area contributed by atoms with Crippen LogP contribution in [0.4, 0.5) is 0 Å². The number of allylic oxidation sites excluding steroid dienone is 2. The Balaban J connectivity index is 2.69. The average molecular weight is 176 g/mol. The minimum atomic E-state index is 0.361. The molecule has 1 rings (SSSR count). The number of nitrogens with one attached hydrogen (secondary N) is 1. The number of dihydropyridines is 1. The zero-order valence-electron chi connectivity index (χ0n) is 4.19. The van der Waals surface area contributed by atoms with Crippen LogP contribution >= 0.6 is 15.9 Å². The van der Waals surface area contributed by atoms with Crippen LogP contribution in [0.15, 0.2) is 22.5 Å². The van der Waals surface area contributed by atoms with Gasteiger partial charge in [-0.2, -0.15) is 0 Å². The molecule has 0 aliphatic carbocycles. The van der Waals surface area contributed by atoms with Gasteiger partial charge in [-0.1, -0.05) is 0 Å². The van der Waals surface area contributed by atoms with Gasteiger partial charge in [0.2, 0.25) is 0 Å². The van der Waals surface area contributed by atoms with Crippen molar-refractivity contribution in [1.29, 1.82) is 0 Å². The van der Waals surface area contributed by atoms with Crippen LogP contribution in [0.3, 0.4) is 0 Å². The third-order valence-electron chi connectivity index (χ3n) is 0.828. The van der Waals surface area contributed by atoms with E-state index in [2.05, 4.69) is 21.2 Å². The van der Waals surface area contributed by atoms with Gasteiger partial charge in [-0.15, -0.1) is 0 Å². The lowest BCUT2D eigenvalue weighted by molar-refractivity contribution is 0.394. The maximum atomic E-state index is 8.81. The number of aliphatic hydroxyl groups excluding tert-OH is 1. The summed E-state index contributed by atoms with van der Waals surface area (Å²) in [7, 11) is 0. The summed E-state index contributed by atoms with van der Waals surface area (Å²) in [5.41, 5.74) is 0. The number of hydrogen-bond acceptors (Lipinski definition) is 2. The summed E-state index contributed by atoms with van der Waals surface area (Å²) in [6.07, 6.45) is 3.45. The van der Waals surface area contributed by atoms with Crippen LogP contribution in [-0.2, 0) is 0 Å². The van der Waals surface area contributed by atoms with Crippen LogP contribution < -0.4 is 5.32 Å². The van der Waals surface area contributed by atoms with E-state index in [1.54, 1.807) is 12.3 Å². The molecule has 1 heterocycles. The molecule has 2 nitrogen and oxygen atoms in total. The van der Waals surface area contributed by atoms with Crippen LogP contribution in [0.5, 0.6) is 0 Å². The fourth-order valence-corrected chi connectivity index (χ4v) is 0.931. The molecule has 3 heteroatoms. The average Bonchev–Trinajstić information content (AvgIpc) is 1.64. The van der Waals surface area contributed by atoms with Crippen molar-refractivity contribution in [2.24, 2.45) is 0 Å². The van der Waals surface area contributed by atoms with Crippen molar-refractivity contribution in [3.8, 4) is 0 Å². The zero-order valence-corrected chi connectivity index (χ0v) is 5.77. The molecule has 0 spiro atoms. The topological polar surface area (TPSA) is 32.3 Å². The van der Waals surface area contributed by atoms with Crippen molar-refractivity contribution in [2.75, 3.05) is 6.54 Å². The molecule has 0 radical (unpaired) electrons. The summed E-state index contributed by atoms with van der Waals surface area (Å²) in [6.45, 7) is 0.537. The number of halogens is 1. The summed E-state index contributed by atoms with van der Waals surface area (Å²) in [6, 6.07) is 0. The normalized spacial score (nSPS) is 18.6. The Kier molecular flexibility index (Phi) is 1.58. The van der Waals surface area contributed by atoms with Crippen LogP contribution in [-0.4, -0.2) is 11.7 Å². The van der Waals surface area contributed by atoms with Crippen LogP contribution in [0.2, 0.25) is 0 Å². The molecule has 2 N–H and O–H groups in total. The summed E-state index contributed by atoms with van der Waals surface area (Å²) < 4.78 is 0.876. The van der Waals surface area contributed by atoms with Crippen LogP contribution in [0, 0.1) is 0 Å². The third kappa shape index (κ3) is 1.26. The van der Waals surface area contributed by atoms with E-state index in [4.69, 9.17) is 5.11 Å². The van der Waals surface area contributed by atoms with Crippen molar-refractivity contribution in [3.05, 3.63) is 22.5 Å². The number of hydrogen-bond donors (Lipinski definition) is 2. The molecule has 0 saturated heterocycles. The second-order valence-electron chi connectivity index (χ2n) is 1.55. The Labute approximate surface area is 56.0 Å². The van der Waals surface area contributed by atoms with Gasteiger partial charge in [-0.3, -0.25) is 0 Å². The molecule has 0 aromatic carbocycles. The lowest BCUT2D eigenvalue weighted by atomic mass is 10.4. The van der Waals surface area contributed by atoms with E-state index in [9.17, 15) is 0 Å². The van der Waals surface area contributed by atoms with E-state index >= 15 is 0 Å². The molecule has 0 amide bonds. The van der Waals surface area contributed by atoms with Crippen LogP contribution in [0.25, 0.3) is 0 Å². The van der Waals surface area contributed by atoms with Gasteiger partial charge in [0, 0.05) is 10.7 Å². The highest BCUT2D eigenvalue weighted by molar-refractivity contribution is 9.11. The van der Waals surface area contributed by atoms with Gasteiger partial charge < -0.3 is 10.4 Å². The van der Waals surface area contributed by atoms with E-state index < -0.39 is 0 Å². The molecule has 44 valence electrons. The highest BCUT2D eigenvalue weighted by Crippen LogP contribution is 2.09. The van der Waals surface area contributed by atoms with Gasteiger partial charge in [0.25, 0.3) is 0 Å². The zero-order chi connectivity index (χ0) is 5.98. The first-order valence-corrected chi connectivity index (χ1v) is 3.07. The second-order valence-corrected chi connectivity index (χ2v) is 2.46. The molecule has 0 atom stereocenters. The molecule has 1 aliphatic heterocycles. The minimum absolute atomic E-state index is 0.361. The van der Waals surface area contributed by atoms with E-state index in [0.29, 0.717) is 12.3 Å². The Morgan fingerprint density at radius 3 is 2.88 bits per heavy atom. The van der Waals surface area contributed by atoms with Crippen molar-refractivity contribution in [2.45, 2.75) is 0 Å². The van der Waals surface area contributed by atoms with Gasteiger partial charge in [0.1, 0.15) is 5.76 Å². The molecular formula is C5H6BrNO. The summed E-state index contributed by atoms with van der Waals surface area (Å²) in [4.78, 5) is 0. The largest absolute Gasteiger partial charge is 0.510 e. The Hall–Kier alpha value is -0.440. The minimum Gasteiger partial charge on any atom is -0.510 e. The predicted octanol–water partition coefficient (Wildman–Crippen LogP) is 1.27. The second kappa shape index (κ2) is 2.22. The highest BCUT2D eigenvalue weighted by atomic mass is 79.9. The van der Waals surface area contributed by atoms with Crippen molar-refractivity contribution >= 4 is 15.9 Å². The Morgan fingerprint density at radius 2 is 2.50 bits per heavy atom. The molecule has 0 unspecified atom stereocenters. The maximum absolute atomic E-state index is 8.81. The van der Waals surface area contributed by atoms with Gasteiger partial charge in [-0.05, 0) is 22.0 Å². The summed E-state index contributed by atoms with van der Waals surface area (Å²) in [5, 5.41) is 11.7. The van der Waals surface area contributed by atoms with Crippen molar-refractivity contribution in [3.63, 3.8) is 0 Å². The molecule has 0 aromatic heterocycles. The highest BCUT2D eigenvalue weighted by Gasteiger charge is 1.97. The van der Waals surface area contributed by atoms with Gasteiger partial charge in [0.15, 0.2) is 0 Å². The standard InChI is InChI=1S/C5H6BrNO/c6-4-1-5(8)3-7-2-4/h1-2,7-8H,3H2. The lowest BCUT2D eigenvalue weighted by Crippen LogP contribution is -2.13. The van der Waals surface area contributed by atoms with Gasteiger partial charge in [0.05, 0.1) is 6.54 Å². The SMILES string of the molecule is OC1=CC(Br)=CNC1. The van der Waals surface area contributed by atoms with Gasteiger partial charge in [-0.25, -0.2) is 0 Å². The summed E-state index contributed by atoms with van der Waals surface area (Å²) in [5.74, 6) is 0.361. The first-order chi connectivity index (χ1) is 3.79. The Morgan fingerprint density at radius 1 is 1.75 bits per heavy atom. The van der Waals surface area contributed by atoms with Crippen LogP contribution in [0.1, 0.15) is 0 Å². The third-order valence-corrected chi connectivity index (χ3v) is 1.29. The molecule has 0 aromatic rings. The number of rotatable bonds is 0. The van der Waals surface area contributed by atoms with Crippen molar-refractivity contribution in [1.82, 2.24) is 5.32 Å². The molecule has 8 heavy (non-hydrogen) atoms. The maximum Gasteiger partial charge on any atom is 0.112 e.